The van der Waals surface area contributed by atoms with Crippen LogP contribution in [0.3, 0.4) is 0 Å². The van der Waals surface area contributed by atoms with E-state index in [1.165, 1.54) is 0 Å². The number of rotatable bonds is 6. The molecule has 0 spiro atoms. The highest BCUT2D eigenvalue weighted by Gasteiger charge is 2.33. The lowest BCUT2D eigenvalue weighted by molar-refractivity contribution is -0.0182. The molecule has 2 aromatic rings. The third-order valence-electron chi connectivity index (χ3n) is 5.23. The van der Waals surface area contributed by atoms with Crippen LogP contribution < -0.4 is 0 Å². The van der Waals surface area contributed by atoms with E-state index in [4.69, 9.17) is 0 Å². The van der Waals surface area contributed by atoms with Crippen molar-refractivity contribution in [1.82, 2.24) is 15.2 Å². The first-order valence-corrected chi connectivity index (χ1v) is 8.82. The minimum absolute atomic E-state index is 0.0302. The molecule has 1 heterocycles. The molecule has 1 N–H and O–H groups in total. The smallest absolute Gasteiger partial charge is 0.253 e. The van der Waals surface area contributed by atoms with Gasteiger partial charge < -0.3 is 10.0 Å². The van der Waals surface area contributed by atoms with Crippen LogP contribution in [0.25, 0.3) is 11.0 Å². The second-order valence-electron chi connectivity index (χ2n) is 7.15. The first-order valence-electron chi connectivity index (χ1n) is 8.82. The van der Waals surface area contributed by atoms with Crippen molar-refractivity contribution >= 4 is 16.9 Å². The number of amides is 1. The molecule has 6 nitrogen and oxygen atoms in total. The maximum absolute atomic E-state index is 12.6. The number of hydrogen-bond acceptors (Lipinski definition) is 5. The lowest BCUT2D eigenvalue weighted by Crippen LogP contribution is -2.38. The summed E-state index contributed by atoms with van der Waals surface area (Å²) < 4.78 is 4.67. The van der Waals surface area contributed by atoms with Crippen LogP contribution in [0.5, 0.6) is 0 Å². The fourth-order valence-electron chi connectivity index (χ4n) is 3.62. The van der Waals surface area contributed by atoms with Crippen molar-refractivity contribution in [3.8, 4) is 0 Å². The molecule has 0 radical (unpaired) electrons. The van der Waals surface area contributed by atoms with Gasteiger partial charge in [-0.3, -0.25) is 4.79 Å². The van der Waals surface area contributed by atoms with Gasteiger partial charge in [-0.05, 0) is 73.0 Å². The van der Waals surface area contributed by atoms with Crippen molar-refractivity contribution in [2.24, 2.45) is 5.92 Å². The molecule has 0 unspecified atom stereocenters. The molecule has 1 saturated carbocycles. The molecule has 1 aliphatic carbocycles. The summed E-state index contributed by atoms with van der Waals surface area (Å²) in [5.74, 6) is 0.396. The predicted molar refractivity (Wildman–Crippen MR) is 95.1 cm³/mol. The van der Waals surface area contributed by atoms with E-state index < -0.39 is 5.60 Å². The van der Waals surface area contributed by atoms with Crippen LogP contribution in [0.1, 0.15) is 48.9 Å². The molecule has 1 aliphatic rings. The average Bonchev–Trinajstić information content (AvgIpc) is 3.09. The fourth-order valence-corrected chi connectivity index (χ4v) is 3.62. The van der Waals surface area contributed by atoms with E-state index in [0.29, 0.717) is 29.1 Å². The number of carbonyl (C=O) groups excluding carboxylic acids is 1. The Kier molecular flexibility index (Phi) is 5.18. The minimum Gasteiger partial charge on any atom is -0.390 e. The van der Waals surface area contributed by atoms with E-state index in [0.717, 1.165) is 38.5 Å². The highest BCUT2D eigenvalue weighted by atomic mass is 16.6. The van der Waals surface area contributed by atoms with Crippen molar-refractivity contribution in [2.75, 3.05) is 13.6 Å². The Morgan fingerprint density at radius 1 is 1.40 bits per heavy atom. The molecule has 0 saturated heterocycles. The monoisotopic (exact) mass is 343 g/mol. The van der Waals surface area contributed by atoms with E-state index in [-0.39, 0.29) is 5.91 Å². The van der Waals surface area contributed by atoms with Gasteiger partial charge in [0.15, 0.2) is 0 Å². The van der Waals surface area contributed by atoms with Crippen molar-refractivity contribution in [3.63, 3.8) is 0 Å². The van der Waals surface area contributed by atoms with Gasteiger partial charge in [0.1, 0.15) is 11.0 Å². The summed E-state index contributed by atoms with van der Waals surface area (Å²) in [6.45, 7) is 4.42. The summed E-state index contributed by atoms with van der Waals surface area (Å²) in [5, 5.41) is 18.1. The second-order valence-corrected chi connectivity index (χ2v) is 7.15. The molecule has 1 fully saturated rings. The van der Waals surface area contributed by atoms with Gasteiger partial charge in [0.25, 0.3) is 5.91 Å². The third-order valence-corrected chi connectivity index (χ3v) is 5.23. The van der Waals surface area contributed by atoms with Gasteiger partial charge in [-0.25, -0.2) is 4.63 Å². The molecule has 3 rings (SSSR count). The zero-order valence-electron chi connectivity index (χ0n) is 14.6. The van der Waals surface area contributed by atoms with E-state index in [1.54, 1.807) is 23.1 Å². The molecule has 1 aromatic heterocycles. The highest BCUT2D eigenvalue weighted by molar-refractivity contribution is 5.97. The summed E-state index contributed by atoms with van der Waals surface area (Å²) in [6, 6.07) is 5.20. The number of carbonyl (C=O) groups is 1. The first-order chi connectivity index (χ1) is 12.0. The Labute approximate surface area is 147 Å². The van der Waals surface area contributed by atoms with Crippen LogP contribution in [0.4, 0.5) is 0 Å². The second kappa shape index (κ2) is 7.35. The Balaban J connectivity index is 1.56. The molecule has 6 heteroatoms. The van der Waals surface area contributed by atoms with E-state index in [9.17, 15) is 9.90 Å². The Morgan fingerprint density at radius 2 is 2.12 bits per heavy atom. The summed E-state index contributed by atoms with van der Waals surface area (Å²) >= 11 is 0. The van der Waals surface area contributed by atoms with Crippen LogP contribution in [0.15, 0.2) is 35.5 Å². The minimum atomic E-state index is -0.557. The lowest BCUT2D eigenvalue weighted by atomic mass is 9.76. The zero-order valence-corrected chi connectivity index (χ0v) is 14.6. The van der Waals surface area contributed by atoms with Crippen LogP contribution in [-0.2, 0) is 0 Å². The summed E-state index contributed by atoms with van der Waals surface area (Å²) in [6.07, 6.45) is 6.96. The van der Waals surface area contributed by atoms with Crippen LogP contribution in [-0.4, -0.2) is 45.4 Å². The van der Waals surface area contributed by atoms with Gasteiger partial charge in [0, 0.05) is 19.2 Å². The number of benzene rings is 1. The van der Waals surface area contributed by atoms with Crippen LogP contribution in [0, 0.1) is 5.92 Å². The number of fused-ring (bicyclic) bond motifs is 1. The molecule has 1 aromatic carbocycles. The molecule has 0 aliphatic heterocycles. The average molecular weight is 343 g/mol. The van der Waals surface area contributed by atoms with Gasteiger partial charge in [0.05, 0.1) is 5.60 Å². The number of allylic oxidation sites excluding steroid dienone is 1. The van der Waals surface area contributed by atoms with Gasteiger partial charge in [-0.2, -0.15) is 0 Å². The quantitative estimate of drug-likeness (QED) is 0.815. The number of aliphatic hydroxyl groups is 1. The SMILES string of the molecule is C=CCCC1(O)CCC(CN(C)C(=O)c2ccc3nonc3c2)CC1. The molecule has 134 valence electrons. The van der Waals surface area contributed by atoms with Crippen molar-refractivity contribution in [1.29, 1.82) is 0 Å². The van der Waals surface area contributed by atoms with Crippen LogP contribution in [0.2, 0.25) is 0 Å². The molecule has 1 amide bonds. The van der Waals surface area contributed by atoms with Gasteiger partial charge in [0.2, 0.25) is 0 Å². The highest BCUT2D eigenvalue weighted by Crippen LogP contribution is 2.35. The Morgan fingerprint density at radius 3 is 2.84 bits per heavy atom. The largest absolute Gasteiger partial charge is 0.390 e. The standard InChI is InChI=1S/C19H25N3O3/c1-3-4-9-19(24)10-7-14(8-11-19)13-22(2)18(23)15-5-6-16-17(12-15)21-25-20-16/h3,5-6,12,14,24H,1,4,7-11,13H2,2H3. The van der Waals surface area contributed by atoms with E-state index in [1.807, 2.05) is 13.1 Å². The summed E-state index contributed by atoms with van der Waals surface area (Å²) in [5.41, 5.74) is 1.26. The van der Waals surface area contributed by atoms with E-state index >= 15 is 0 Å². The van der Waals surface area contributed by atoms with E-state index in [2.05, 4.69) is 21.5 Å². The molecular formula is C19H25N3O3. The fraction of sp³-hybridized carbons (Fsp3) is 0.526. The molecular weight excluding hydrogens is 318 g/mol. The molecule has 0 bridgehead atoms. The van der Waals surface area contributed by atoms with Crippen molar-refractivity contribution < 1.29 is 14.5 Å². The number of aromatic nitrogens is 2. The zero-order chi connectivity index (χ0) is 17.9. The van der Waals surface area contributed by atoms with Gasteiger partial charge in [-0.1, -0.05) is 6.08 Å². The van der Waals surface area contributed by atoms with Gasteiger partial charge in [-0.15, -0.1) is 6.58 Å². The molecule has 0 atom stereocenters. The Hall–Kier alpha value is -2.21. The normalized spacial score (nSPS) is 23.5. The van der Waals surface area contributed by atoms with Crippen molar-refractivity contribution in [2.45, 2.75) is 44.1 Å². The molecule has 25 heavy (non-hydrogen) atoms. The summed E-state index contributed by atoms with van der Waals surface area (Å²) in [4.78, 5) is 14.4. The van der Waals surface area contributed by atoms with Gasteiger partial charge >= 0.3 is 0 Å². The maximum Gasteiger partial charge on any atom is 0.253 e. The lowest BCUT2D eigenvalue weighted by Gasteiger charge is -2.37. The first kappa shape index (κ1) is 17.6. The third kappa shape index (κ3) is 4.07. The van der Waals surface area contributed by atoms with Crippen LogP contribution >= 0.6 is 0 Å². The topological polar surface area (TPSA) is 79.5 Å². The number of nitrogens with zero attached hydrogens (tertiary/aromatic N) is 3. The maximum atomic E-state index is 12.6. The summed E-state index contributed by atoms with van der Waals surface area (Å²) in [7, 11) is 1.83. The predicted octanol–water partition coefficient (Wildman–Crippen LogP) is 3.18. The Bertz CT molecular complexity index is 747. The van der Waals surface area contributed by atoms with Crippen molar-refractivity contribution in [3.05, 3.63) is 36.4 Å². The number of hydrogen-bond donors (Lipinski definition) is 1.